The Balaban J connectivity index is 1.61. The number of carbonyl (C=O) groups excluding carboxylic acids is 1. The van der Waals surface area contributed by atoms with E-state index in [1.807, 2.05) is 0 Å². The average Bonchev–Trinajstić information content (AvgIpc) is 2.93. The van der Waals surface area contributed by atoms with E-state index in [4.69, 9.17) is 4.74 Å². The summed E-state index contributed by atoms with van der Waals surface area (Å²) < 4.78 is 20.8. The molecule has 4 aliphatic carbocycles. The summed E-state index contributed by atoms with van der Waals surface area (Å²) in [7, 11) is 0. The third-order valence-corrected chi connectivity index (χ3v) is 8.49. The van der Waals surface area contributed by atoms with E-state index in [-0.39, 0.29) is 17.0 Å². The van der Waals surface area contributed by atoms with E-state index in [9.17, 15) is 9.18 Å². The molecule has 3 heteroatoms. The fourth-order valence-electron chi connectivity index (χ4n) is 7.14. The Morgan fingerprint density at radius 1 is 1.08 bits per heavy atom. The van der Waals surface area contributed by atoms with Gasteiger partial charge in [-0.25, -0.2) is 4.39 Å². The number of Topliss-reactive ketones (excluding diaryl/α,β-unsaturated/α-hetero) is 1. The summed E-state index contributed by atoms with van der Waals surface area (Å²) >= 11 is 0. The Morgan fingerprint density at radius 2 is 1.88 bits per heavy atom. The maximum atomic E-state index is 14.6. The molecule has 3 saturated carbocycles. The zero-order valence-electron chi connectivity index (χ0n) is 16.1. The minimum Gasteiger partial charge on any atom is -0.378 e. The van der Waals surface area contributed by atoms with Crippen molar-refractivity contribution in [3.8, 4) is 0 Å². The van der Waals surface area contributed by atoms with E-state index in [2.05, 4.69) is 20.8 Å². The van der Waals surface area contributed by atoms with Crippen LogP contribution in [0.4, 0.5) is 4.39 Å². The van der Waals surface area contributed by atoms with Crippen molar-refractivity contribution >= 4 is 5.78 Å². The van der Waals surface area contributed by atoms with Crippen LogP contribution in [-0.4, -0.2) is 18.5 Å². The lowest BCUT2D eigenvalue weighted by atomic mass is 9.47. The van der Waals surface area contributed by atoms with Gasteiger partial charge in [0.1, 0.15) is 0 Å². The van der Waals surface area contributed by atoms with Crippen LogP contribution in [0.5, 0.6) is 0 Å². The molecular formula is C22H33FO2. The molecule has 0 spiro atoms. The summed E-state index contributed by atoms with van der Waals surface area (Å²) in [6.07, 6.45) is 9.44. The van der Waals surface area contributed by atoms with Gasteiger partial charge in [0.2, 0.25) is 0 Å². The highest BCUT2D eigenvalue weighted by Crippen LogP contribution is 2.66. The fraction of sp³-hybridized carbons (Fsp3) is 0.864. The molecule has 2 nitrogen and oxygen atoms in total. The SMILES string of the molecule is CCCO[C@H]1CC[C@H]2[C@@H]3CCC4=C(F)C(=O)CC[C@]4(C)[C@H]3CC[C@]12C. The molecule has 25 heavy (non-hydrogen) atoms. The highest BCUT2D eigenvalue weighted by atomic mass is 19.1. The van der Waals surface area contributed by atoms with Crippen molar-refractivity contribution in [3.63, 3.8) is 0 Å². The van der Waals surface area contributed by atoms with Crippen LogP contribution >= 0.6 is 0 Å². The average molecular weight is 349 g/mol. The summed E-state index contributed by atoms with van der Waals surface area (Å²) in [6.45, 7) is 7.77. The summed E-state index contributed by atoms with van der Waals surface area (Å²) in [5.41, 5.74) is 1.09. The molecule has 0 saturated heterocycles. The van der Waals surface area contributed by atoms with Gasteiger partial charge in [0, 0.05) is 13.0 Å². The van der Waals surface area contributed by atoms with Crippen LogP contribution in [-0.2, 0) is 9.53 Å². The molecule has 0 bridgehead atoms. The van der Waals surface area contributed by atoms with Gasteiger partial charge in [0.05, 0.1) is 6.10 Å². The number of rotatable bonds is 3. The van der Waals surface area contributed by atoms with Crippen LogP contribution in [0, 0.1) is 28.6 Å². The van der Waals surface area contributed by atoms with Crippen molar-refractivity contribution < 1.29 is 13.9 Å². The summed E-state index contributed by atoms with van der Waals surface area (Å²) in [5, 5.41) is 0. The van der Waals surface area contributed by atoms with Crippen LogP contribution in [0.15, 0.2) is 11.4 Å². The second-order valence-electron chi connectivity index (χ2n) is 9.53. The van der Waals surface area contributed by atoms with Crippen molar-refractivity contribution in [3.05, 3.63) is 11.4 Å². The third-order valence-electron chi connectivity index (χ3n) is 8.49. The largest absolute Gasteiger partial charge is 0.378 e. The van der Waals surface area contributed by atoms with E-state index >= 15 is 0 Å². The summed E-state index contributed by atoms with van der Waals surface area (Å²) in [4.78, 5) is 11.9. The van der Waals surface area contributed by atoms with Gasteiger partial charge < -0.3 is 4.74 Å². The van der Waals surface area contributed by atoms with E-state index < -0.39 is 0 Å². The van der Waals surface area contributed by atoms with E-state index in [0.717, 1.165) is 37.9 Å². The van der Waals surface area contributed by atoms with E-state index in [1.165, 1.54) is 25.7 Å². The van der Waals surface area contributed by atoms with Crippen molar-refractivity contribution in [2.75, 3.05) is 6.61 Å². The van der Waals surface area contributed by atoms with Crippen LogP contribution in [0.25, 0.3) is 0 Å². The molecular weight excluding hydrogens is 315 g/mol. The first-order valence-electron chi connectivity index (χ1n) is 10.5. The maximum absolute atomic E-state index is 14.6. The molecule has 4 aliphatic rings. The normalized spacial score (nSPS) is 46.6. The van der Waals surface area contributed by atoms with Gasteiger partial charge in [-0.15, -0.1) is 0 Å². The molecule has 6 atom stereocenters. The number of hydrogen-bond acceptors (Lipinski definition) is 2. The topological polar surface area (TPSA) is 26.3 Å². The van der Waals surface area contributed by atoms with Crippen molar-refractivity contribution in [2.24, 2.45) is 28.6 Å². The smallest absolute Gasteiger partial charge is 0.191 e. The summed E-state index contributed by atoms with van der Waals surface area (Å²) in [6, 6.07) is 0. The van der Waals surface area contributed by atoms with Gasteiger partial charge in [-0.2, -0.15) is 0 Å². The molecule has 0 aliphatic heterocycles. The highest BCUT2D eigenvalue weighted by molar-refractivity contribution is 5.95. The zero-order valence-corrected chi connectivity index (χ0v) is 16.1. The molecule has 0 radical (unpaired) electrons. The van der Waals surface area contributed by atoms with E-state index in [0.29, 0.717) is 35.7 Å². The molecule has 0 N–H and O–H groups in total. The monoisotopic (exact) mass is 348 g/mol. The van der Waals surface area contributed by atoms with Gasteiger partial charge in [-0.1, -0.05) is 20.8 Å². The number of ketones is 1. The minimum atomic E-state index is -0.379. The highest BCUT2D eigenvalue weighted by Gasteiger charge is 2.60. The third kappa shape index (κ3) is 2.48. The van der Waals surface area contributed by atoms with Crippen molar-refractivity contribution in [1.82, 2.24) is 0 Å². The Kier molecular flexibility index (Phi) is 4.38. The van der Waals surface area contributed by atoms with Crippen LogP contribution in [0.3, 0.4) is 0 Å². The lowest BCUT2D eigenvalue weighted by Crippen LogP contribution is -2.51. The molecule has 0 aromatic heterocycles. The Hall–Kier alpha value is -0.700. The van der Waals surface area contributed by atoms with Gasteiger partial charge in [0.25, 0.3) is 0 Å². The van der Waals surface area contributed by atoms with Crippen LogP contribution in [0.1, 0.15) is 78.6 Å². The number of allylic oxidation sites excluding steroid dienone is 1. The van der Waals surface area contributed by atoms with Gasteiger partial charge in [-0.05, 0) is 85.5 Å². The van der Waals surface area contributed by atoms with Crippen molar-refractivity contribution in [1.29, 1.82) is 0 Å². The Bertz CT molecular complexity index is 597. The molecule has 140 valence electrons. The molecule has 3 fully saturated rings. The lowest BCUT2D eigenvalue weighted by Gasteiger charge is -2.58. The Labute approximate surface area is 151 Å². The first-order valence-corrected chi connectivity index (χ1v) is 10.5. The van der Waals surface area contributed by atoms with Crippen molar-refractivity contribution in [2.45, 2.75) is 84.7 Å². The number of ether oxygens (including phenoxy) is 1. The molecule has 0 aromatic carbocycles. The predicted octanol–water partition coefficient (Wildman–Crippen LogP) is 5.61. The Morgan fingerprint density at radius 3 is 2.64 bits per heavy atom. The van der Waals surface area contributed by atoms with Gasteiger partial charge in [-0.3, -0.25) is 4.79 Å². The molecule has 0 unspecified atom stereocenters. The zero-order chi connectivity index (χ0) is 17.8. The first kappa shape index (κ1) is 17.7. The molecule has 4 rings (SSSR count). The fourth-order valence-corrected chi connectivity index (χ4v) is 7.14. The number of hydrogen-bond donors (Lipinski definition) is 0. The molecule has 0 heterocycles. The molecule has 0 amide bonds. The standard InChI is InChI=1S/C22H33FO2/c1-4-13-25-19-8-7-15-14-5-6-17-20(23)18(24)10-12-21(17,2)16(14)9-11-22(15,19)3/h14-16,19H,4-13H2,1-3H3/t14-,15-,16-,19-,21+,22-/m0/s1. The summed E-state index contributed by atoms with van der Waals surface area (Å²) in [5.74, 6) is 1.32. The maximum Gasteiger partial charge on any atom is 0.191 e. The van der Waals surface area contributed by atoms with Crippen LogP contribution < -0.4 is 0 Å². The second-order valence-corrected chi connectivity index (χ2v) is 9.53. The molecule has 0 aromatic rings. The first-order chi connectivity index (χ1) is 11.9. The lowest BCUT2D eigenvalue weighted by molar-refractivity contribution is -0.122. The second kappa shape index (κ2) is 6.18. The van der Waals surface area contributed by atoms with Gasteiger partial charge in [0.15, 0.2) is 11.6 Å². The number of fused-ring (bicyclic) bond motifs is 5. The number of halogens is 1. The predicted molar refractivity (Wildman–Crippen MR) is 96.8 cm³/mol. The van der Waals surface area contributed by atoms with Gasteiger partial charge >= 0.3 is 0 Å². The number of carbonyl (C=O) groups is 1. The van der Waals surface area contributed by atoms with Crippen LogP contribution in [0.2, 0.25) is 0 Å². The quantitative estimate of drug-likeness (QED) is 0.662. The minimum absolute atomic E-state index is 0.0788. The van der Waals surface area contributed by atoms with E-state index in [1.54, 1.807) is 0 Å².